The zero-order chi connectivity index (χ0) is 7.40. The van der Waals surface area contributed by atoms with E-state index >= 15 is 0 Å². The summed E-state index contributed by atoms with van der Waals surface area (Å²) in [6.07, 6.45) is 3.38. The van der Waals surface area contributed by atoms with Gasteiger partial charge in [-0.25, -0.2) is 0 Å². The highest BCUT2D eigenvalue weighted by molar-refractivity contribution is 4.68. The minimum absolute atomic E-state index is 0.0672. The highest BCUT2D eigenvalue weighted by Crippen LogP contribution is 2.09. The predicted molar refractivity (Wildman–Crippen MR) is 42.0 cm³/mol. The van der Waals surface area contributed by atoms with Crippen LogP contribution in [0.15, 0.2) is 0 Å². The molecule has 0 bridgehead atoms. The molecule has 0 aromatic rings. The fourth-order valence-electron chi connectivity index (χ4n) is 1.48. The van der Waals surface area contributed by atoms with E-state index in [2.05, 4.69) is 11.8 Å². The molecule has 1 heterocycles. The molecule has 0 spiro atoms. The highest BCUT2D eigenvalue weighted by atomic mass is 16.3. The average Bonchev–Trinajstić information content (AvgIpc) is 2.13. The standard InChI is InChI=1S/C8H17NO/c1-2-9-6-4-3-5-8(10)7-9/h8,10H,2-7H2,1H3. The summed E-state index contributed by atoms with van der Waals surface area (Å²) in [6.45, 7) is 5.29. The molecule has 0 aromatic carbocycles. The summed E-state index contributed by atoms with van der Waals surface area (Å²) >= 11 is 0. The lowest BCUT2D eigenvalue weighted by Crippen LogP contribution is -2.30. The maximum atomic E-state index is 9.35. The number of aliphatic hydroxyl groups is 1. The molecule has 2 nitrogen and oxygen atoms in total. The van der Waals surface area contributed by atoms with Gasteiger partial charge in [0.05, 0.1) is 6.10 Å². The molecule has 1 unspecified atom stereocenters. The molecule has 1 rings (SSSR count). The lowest BCUT2D eigenvalue weighted by Gasteiger charge is -2.18. The van der Waals surface area contributed by atoms with Gasteiger partial charge in [0.15, 0.2) is 0 Å². The number of nitrogens with zero attached hydrogens (tertiary/aromatic N) is 1. The van der Waals surface area contributed by atoms with Crippen LogP contribution in [0.3, 0.4) is 0 Å². The second-order valence-corrected chi connectivity index (χ2v) is 3.04. The van der Waals surface area contributed by atoms with Gasteiger partial charge >= 0.3 is 0 Å². The van der Waals surface area contributed by atoms with Crippen molar-refractivity contribution < 1.29 is 5.11 Å². The minimum Gasteiger partial charge on any atom is -0.392 e. The molecule has 0 amide bonds. The molecule has 1 aliphatic heterocycles. The van der Waals surface area contributed by atoms with E-state index < -0.39 is 0 Å². The molecule has 1 atom stereocenters. The van der Waals surface area contributed by atoms with E-state index in [1.165, 1.54) is 19.4 Å². The zero-order valence-corrected chi connectivity index (χ0v) is 6.71. The van der Waals surface area contributed by atoms with E-state index in [0.717, 1.165) is 19.5 Å². The molecule has 60 valence electrons. The van der Waals surface area contributed by atoms with Gasteiger partial charge in [0, 0.05) is 6.54 Å². The third-order valence-electron chi connectivity index (χ3n) is 2.18. The third kappa shape index (κ3) is 2.27. The summed E-state index contributed by atoms with van der Waals surface area (Å²) in [6, 6.07) is 0. The lowest BCUT2D eigenvalue weighted by molar-refractivity contribution is 0.124. The Morgan fingerprint density at radius 2 is 2.30 bits per heavy atom. The summed E-state index contributed by atoms with van der Waals surface area (Å²) in [5.74, 6) is 0. The Hall–Kier alpha value is -0.0800. The van der Waals surface area contributed by atoms with Crippen LogP contribution in [0.1, 0.15) is 26.2 Å². The van der Waals surface area contributed by atoms with Crippen molar-refractivity contribution in [2.45, 2.75) is 32.3 Å². The van der Waals surface area contributed by atoms with Crippen LogP contribution in [0.2, 0.25) is 0 Å². The summed E-state index contributed by atoms with van der Waals surface area (Å²) < 4.78 is 0. The van der Waals surface area contributed by atoms with Crippen molar-refractivity contribution in [3.8, 4) is 0 Å². The molecule has 2 heteroatoms. The van der Waals surface area contributed by atoms with Crippen LogP contribution in [0, 0.1) is 0 Å². The van der Waals surface area contributed by atoms with Crippen molar-refractivity contribution in [3.05, 3.63) is 0 Å². The van der Waals surface area contributed by atoms with Gasteiger partial charge < -0.3 is 10.0 Å². The number of rotatable bonds is 1. The second kappa shape index (κ2) is 3.94. The zero-order valence-electron chi connectivity index (χ0n) is 6.71. The van der Waals surface area contributed by atoms with E-state index in [4.69, 9.17) is 0 Å². The third-order valence-corrected chi connectivity index (χ3v) is 2.18. The van der Waals surface area contributed by atoms with Gasteiger partial charge in [-0.15, -0.1) is 0 Å². The maximum Gasteiger partial charge on any atom is 0.0667 e. The molecule has 0 saturated carbocycles. The van der Waals surface area contributed by atoms with Crippen molar-refractivity contribution in [3.63, 3.8) is 0 Å². The van der Waals surface area contributed by atoms with Crippen LogP contribution < -0.4 is 0 Å². The van der Waals surface area contributed by atoms with Crippen LogP contribution in [0.4, 0.5) is 0 Å². The van der Waals surface area contributed by atoms with Crippen molar-refractivity contribution in [1.82, 2.24) is 4.90 Å². The van der Waals surface area contributed by atoms with E-state index in [9.17, 15) is 5.11 Å². The molecule has 0 aromatic heterocycles. The first kappa shape index (κ1) is 8.02. The number of aliphatic hydroxyl groups excluding tert-OH is 1. The van der Waals surface area contributed by atoms with E-state index in [0.29, 0.717) is 0 Å². The monoisotopic (exact) mass is 143 g/mol. The second-order valence-electron chi connectivity index (χ2n) is 3.04. The Bertz CT molecular complexity index is 95.3. The molecular formula is C8H17NO. The molecule has 1 saturated heterocycles. The van der Waals surface area contributed by atoms with Crippen molar-refractivity contribution in [1.29, 1.82) is 0 Å². The Morgan fingerprint density at radius 3 is 3.00 bits per heavy atom. The summed E-state index contributed by atoms with van der Waals surface area (Å²) in [7, 11) is 0. The van der Waals surface area contributed by atoms with E-state index in [1.807, 2.05) is 0 Å². The van der Waals surface area contributed by atoms with Gasteiger partial charge in [0.2, 0.25) is 0 Å². The van der Waals surface area contributed by atoms with Gasteiger partial charge in [0.25, 0.3) is 0 Å². The first-order chi connectivity index (χ1) is 4.83. The Morgan fingerprint density at radius 1 is 1.50 bits per heavy atom. The Balaban J connectivity index is 2.30. The van der Waals surface area contributed by atoms with Crippen LogP contribution in [0.5, 0.6) is 0 Å². The minimum atomic E-state index is -0.0672. The number of hydrogen-bond donors (Lipinski definition) is 1. The first-order valence-electron chi connectivity index (χ1n) is 4.23. The summed E-state index contributed by atoms with van der Waals surface area (Å²) in [5.41, 5.74) is 0. The topological polar surface area (TPSA) is 23.5 Å². The Labute approximate surface area is 62.8 Å². The van der Waals surface area contributed by atoms with Crippen molar-refractivity contribution in [2.75, 3.05) is 19.6 Å². The van der Waals surface area contributed by atoms with Crippen LogP contribution in [0.25, 0.3) is 0 Å². The molecule has 1 aliphatic rings. The number of likely N-dealkylation sites (tertiary alicyclic amines) is 1. The van der Waals surface area contributed by atoms with Gasteiger partial charge in [-0.1, -0.05) is 6.92 Å². The van der Waals surface area contributed by atoms with Gasteiger partial charge in [0.1, 0.15) is 0 Å². The fourth-order valence-corrected chi connectivity index (χ4v) is 1.48. The van der Waals surface area contributed by atoms with Crippen LogP contribution in [-0.4, -0.2) is 35.7 Å². The molecule has 1 N–H and O–H groups in total. The maximum absolute atomic E-state index is 9.35. The summed E-state index contributed by atoms with van der Waals surface area (Å²) in [5, 5.41) is 9.35. The SMILES string of the molecule is CCN1CCCCC(O)C1. The average molecular weight is 143 g/mol. The molecule has 0 aliphatic carbocycles. The van der Waals surface area contributed by atoms with Crippen LogP contribution >= 0.6 is 0 Å². The number of hydrogen-bond acceptors (Lipinski definition) is 2. The van der Waals surface area contributed by atoms with Gasteiger partial charge in [-0.3, -0.25) is 0 Å². The van der Waals surface area contributed by atoms with Crippen molar-refractivity contribution in [2.24, 2.45) is 0 Å². The molecule has 1 fully saturated rings. The van der Waals surface area contributed by atoms with Crippen LogP contribution in [-0.2, 0) is 0 Å². The van der Waals surface area contributed by atoms with Crippen molar-refractivity contribution >= 4 is 0 Å². The molecule has 10 heavy (non-hydrogen) atoms. The highest BCUT2D eigenvalue weighted by Gasteiger charge is 2.13. The summed E-state index contributed by atoms with van der Waals surface area (Å²) in [4.78, 5) is 2.32. The molecular weight excluding hydrogens is 126 g/mol. The predicted octanol–water partition coefficient (Wildman–Crippen LogP) is 0.853. The van der Waals surface area contributed by atoms with Gasteiger partial charge in [-0.2, -0.15) is 0 Å². The fraction of sp³-hybridized carbons (Fsp3) is 1.00. The van der Waals surface area contributed by atoms with E-state index in [1.54, 1.807) is 0 Å². The largest absolute Gasteiger partial charge is 0.392 e. The number of likely N-dealkylation sites (N-methyl/N-ethyl adjacent to an activating group) is 1. The smallest absolute Gasteiger partial charge is 0.0667 e. The quantitative estimate of drug-likeness (QED) is 0.588. The normalized spacial score (nSPS) is 30.0. The first-order valence-corrected chi connectivity index (χ1v) is 4.23. The molecule has 0 radical (unpaired) electrons. The number of β-amino-alcohol motifs (C(OH)–C–C–N with tert-alkyl or cyclic N) is 1. The van der Waals surface area contributed by atoms with Gasteiger partial charge in [-0.05, 0) is 32.4 Å². The van der Waals surface area contributed by atoms with E-state index in [-0.39, 0.29) is 6.10 Å². The Kier molecular flexibility index (Phi) is 3.16. The lowest BCUT2D eigenvalue weighted by atomic mass is 10.2.